The van der Waals surface area contributed by atoms with Gasteiger partial charge < -0.3 is 21.1 Å². The van der Waals surface area contributed by atoms with E-state index >= 15 is 0 Å². The number of carbonyl (C=O) groups excluding carboxylic acids is 3. The fraction of sp³-hybridized carbons (Fsp3) is 0.700. The van der Waals surface area contributed by atoms with Crippen LogP contribution in [-0.4, -0.2) is 43.5 Å². The van der Waals surface area contributed by atoms with Gasteiger partial charge in [-0.2, -0.15) is 0 Å². The molecule has 0 aromatic rings. The van der Waals surface area contributed by atoms with E-state index < -0.39 is 11.9 Å². The molecule has 1 aliphatic rings. The molecule has 0 aliphatic carbocycles. The maximum atomic E-state index is 11.6. The predicted octanol–water partition coefficient (Wildman–Crippen LogP) is -1.73. The Morgan fingerprint density at radius 1 is 1.41 bits per heavy atom. The van der Waals surface area contributed by atoms with Crippen molar-refractivity contribution in [2.45, 2.75) is 31.3 Å². The minimum Gasteiger partial charge on any atom is -0.381 e. The van der Waals surface area contributed by atoms with Crippen molar-refractivity contribution in [3.63, 3.8) is 0 Å². The SMILES string of the molecule is NC(=O)C(CC(=O)NC1CCOCC1)NC=O. The lowest BCUT2D eigenvalue weighted by Crippen LogP contribution is -2.46. The van der Waals surface area contributed by atoms with Gasteiger partial charge in [0.15, 0.2) is 0 Å². The molecule has 0 aromatic carbocycles. The van der Waals surface area contributed by atoms with Crippen molar-refractivity contribution in [2.24, 2.45) is 5.73 Å². The first-order valence-corrected chi connectivity index (χ1v) is 5.49. The zero-order valence-electron chi connectivity index (χ0n) is 9.48. The van der Waals surface area contributed by atoms with Crippen molar-refractivity contribution in [2.75, 3.05) is 13.2 Å². The third kappa shape index (κ3) is 4.81. The van der Waals surface area contributed by atoms with E-state index in [4.69, 9.17) is 10.5 Å². The number of hydrogen-bond acceptors (Lipinski definition) is 4. The average Bonchev–Trinajstić information content (AvgIpc) is 2.29. The lowest BCUT2D eigenvalue weighted by atomic mass is 10.1. The molecule has 1 heterocycles. The second-order valence-electron chi connectivity index (χ2n) is 3.90. The van der Waals surface area contributed by atoms with E-state index in [-0.39, 0.29) is 18.4 Å². The molecule has 0 radical (unpaired) electrons. The van der Waals surface area contributed by atoms with Gasteiger partial charge in [0.25, 0.3) is 0 Å². The number of carbonyl (C=O) groups is 3. The maximum Gasteiger partial charge on any atom is 0.240 e. The Labute approximate surface area is 99.1 Å². The van der Waals surface area contributed by atoms with Crippen molar-refractivity contribution >= 4 is 18.2 Å². The summed E-state index contributed by atoms with van der Waals surface area (Å²) in [5.74, 6) is -1.02. The summed E-state index contributed by atoms with van der Waals surface area (Å²) in [5.41, 5.74) is 5.04. The predicted molar refractivity (Wildman–Crippen MR) is 58.8 cm³/mol. The molecule has 17 heavy (non-hydrogen) atoms. The zero-order chi connectivity index (χ0) is 12.7. The molecular formula is C10H17N3O4. The van der Waals surface area contributed by atoms with E-state index in [0.29, 0.717) is 19.6 Å². The molecule has 3 amide bonds. The fourth-order valence-electron chi connectivity index (χ4n) is 1.64. The Hall–Kier alpha value is -1.63. The molecule has 7 nitrogen and oxygen atoms in total. The van der Waals surface area contributed by atoms with Crippen LogP contribution in [0.1, 0.15) is 19.3 Å². The van der Waals surface area contributed by atoms with Crippen molar-refractivity contribution in [3.05, 3.63) is 0 Å². The highest BCUT2D eigenvalue weighted by Crippen LogP contribution is 2.06. The highest BCUT2D eigenvalue weighted by atomic mass is 16.5. The van der Waals surface area contributed by atoms with E-state index in [1.807, 2.05) is 0 Å². The molecular weight excluding hydrogens is 226 g/mol. The topological polar surface area (TPSA) is 111 Å². The summed E-state index contributed by atoms with van der Waals surface area (Å²) in [5, 5.41) is 4.99. The first-order valence-electron chi connectivity index (χ1n) is 5.49. The Morgan fingerprint density at radius 3 is 2.59 bits per heavy atom. The summed E-state index contributed by atoms with van der Waals surface area (Å²) in [4.78, 5) is 32.7. The Morgan fingerprint density at radius 2 is 2.06 bits per heavy atom. The second kappa shape index (κ2) is 6.85. The standard InChI is InChI=1S/C10H17N3O4/c11-10(16)8(12-6-14)5-9(15)13-7-1-3-17-4-2-7/h6-8H,1-5H2,(H2,11,16)(H,12,14)(H,13,15). The van der Waals surface area contributed by atoms with Gasteiger partial charge in [-0.3, -0.25) is 14.4 Å². The fourth-order valence-corrected chi connectivity index (χ4v) is 1.64. The molecule has 1 rings (SSSR count). The molecule has 1 atom stereocenters. The number of nitrogens with one attached hydrogen (secondary N) is 2. The third-order valence-electron chi connectivity index (χ3n) is 2.59. The minimum absolute atomic E-state index is 0.0704. The van der Waals surface area contributed by atoms with Gasteiger partial charge in [0.2, 0.25) is 18.2 Å². The van der Waals surface area contributed by atoms with Gasteiger partial charge in [-0.25, -0.2) is 0 Å². The molecule has 96 valence electrons. The molecule has 1 aliphatic heterocycles. The van der Waals surface area contributed by atoms with Gasteiger partial charge in [0, 0.05) is 19.3 Å². The third-order valence-corrected chi connectivity index (χ3v) is 2.59. The van der Waals surface area contributed by atoms with Crippen LogP contribution in [0, 0.1) is 0 Å². The van der Waals surface area contributed by atoms with Crippen LogP contribution < -0.4 is 16.4 Å². The van der Waals surface area contributed by atoms with Crippen molar-refractivity contribution < 1.29 is 19.1 Å². The molecule has 7 heteroatoms. The van der Waals surface area contributed by atoms with Crippen LogP contribution in [-0.2, 0) is 19.1 Å². The lowest BCUT2D eigenvalue weighted by molar-refractivity contribution is -0.128. The van der Waals surface area contributed by atoms with E-state index in [1.165, 1.54) is 0 Å². The summed E-state index contributed by atoms with van der Waals surface area (Å²) < 4.78 is 5.16. The Kier molecular flexibility index (Phi) is 5.41. The van der Waals surface area contributed by atoms with Gasteiger partial charge in [0.05, 0.1) is 6.42 Å². The van der Waals surface area contributed by atoms with Crippen LogP contribution in [0.5, 0.6) is 0 Å². The van der Waals surface area contributed by atoms with E-state index in [1.54, 1.807) is 0 Å². The average molecular weight is 243 g/mol. The first kappa shape index (κ1) is 13.4. The van der Waals surface area contributed by atoms with E-state index in [0.717, 1.165) is 12.8 Å². The molecule has 0 spiro atoms. The number of hydrogen-bond donors (Lipinski definition) is 3. The monoisotopic (exact) mass is 243 g/mol. The molecule has 4 N–H and O–H groups in total. The molecule has 0 aromatic heterocycles. The quantitative estimate of drug-likeness (QED) is 0.481. The Balaban J connectivity index is 2.35. The van der Waals surface area contributed by atoms with Crippen LogP contribution >= 0.6 is 0 Å². The van der Waals surface area contributed by atoms with Crippen LogP contribution in [0.4, 0.5) is 0 Å². The molecule has 0 saturated carbocycles. The summed E-state index contributed by atoms with van der Waals surface area (Å²) in [6.07, 6.45) is 1.74. The van der Waals surface area contributed by atoms with Gasteiger partial charge >= 0.3 is 0 Å². The summed E-state index contributed by atoms with van der Waals surface area (Å²) in [6.45, 7) is 1.24. The largest absolute Gasteiger partial charge is 0.381 e. The number of rotatable bonds is 6. The molecule has 1 saturated heterocycles. The highest BCUT2D eigenvalue weighted by Gasteiger charge is 2.21. The summed E-state index contributed by atoms with van der Waals surface area (Å²) >= 11 is 0. The molecule has 0 bridgehead atoms. The maximum absolute atomic E-state index is 11.6. The number of nitrogens with two attached hydrogens (primary N) is 1. The van der Waals surface area contributed by atoms with Crippen LogP contribution in [0.3, 0.4) is 0 Å². The van der Waals surface area contributed by atoms with Crippen molar-refractivity contribution in [1.29, 1.82) is 0 Å². The van der Waals surface area contributed by atoms with Crippen molar-refractivity contribution in [3.8, 4) is 0 Å². The minimum atomic E-state index is -0.952. The van der Waals surface area contributed by atoms with Crippen LogP contribution in [0.2, 0.25) is 0 Å². The van der Waals surface area contributed by atoms with Crippen LogP contribution in [0.15, 0.2) is 0 Å². The Bertz CT molecular complexity index is 289. The van der Waals surface area contributed by atoms with E-state index in [9.17, 15) is 14.4 Å². The molecule has 1 unspecified atom stereocenters. The first-order chi connectivity index (χ1) is 8.13. The van der Waals surface area contributed by atoms with Gasteiger partial charge in [-0.05, 0) is 12.8 Å². The molecule has 1 fully saturated rings. The van der Waals surface area contributed by atoms with Gasteiger partial charge in [0.1, 0.15) is 6.04 Å². The number of amides is 3. The highest BCUT2D eigenvalue weighted by molar-refractivity contribution is 5.88. The summed E-state index contributed by atoms with van der Waals surface area (Å²) in [7, 11) is 0. The lowest BCUT2D eigenvalue weighted by Gasteiger charge is -2.23. The number of ether oxygens (including phenoxy) is 1. The van der Waals surface area contributed by atoms with Crippen LogP contribution in [0.25, 0.3) is 0 Å². The smallest absolute Gasteiger partial charge is 0.240 e. The van der Waals surface area contributed by atoms with Crippen molar-refractivity contribution in [1.82, 2.24) is 10.6 Å². The summed E-state index contributed by atoms with van der Waals surface area (Å²) in [6, 6.07) is -0.881. The normalized spacial score (nSPS) is 18.1. The van der Waals surface area contributed by atoms with E-state index in [2.05, 4.69) is 10.6 Å². The zero-order valence-corrected chi connectivity index (χ0v) is 9.48. The van der Waals surface area contributed by atoms with Gasteiger partial charge in [-0.15, -0.1) is 0 Å². The second-order valence-corrected chi connectivity index (χ2v) is 3.90. The number of primary amides is 1. The van der Waals surface area contributed by atoms with Gasteiger partial charge in [-0.1, -0.05) is 0 Å².